The number of carbonyl (C=O) groups excluding carboxylic acids is 2. The number of carbonyl (C=O) groups is 2. The van der Waals surface area contributed by atoms with Gasteiger partial charge in [-0.3, -0.25) is 0 Å². The molecule has 0 radical (unpaired) electrons. The van der Waals surface area contributed by atoms with Crippen LogP contribution in [0.15, 0.2) is 108 Å². The quantitative estimate of drug-likeness (QED) is 0.110. The molecular formula is C42H44FeN2O6S2. The number of rotatable bonds is 14. The fraction of sp³-hybridized carbons (Fsp3) is 0.286. The van der Waals surface area contributed by atoms with Gasteiger partial charge in [-0.1, -0.05) is 60.7 Å². The second-order valence-corrected chi connectivity index (χ2v) is 14.5. The maximum Gasteiger partial charge on any atom is 2.00 e. The van der Waals surface area contributed by atoms with Crippen molar-refractivity contribution in [3.8, 4) is 21.1 Å². The molecule has 2 atom stereocenters. The number of thiophene rings is 2. The summed E-state index contributed by atoms with van der Waals surface area (Å²) in [6.07, 6.45) is 0. The topological polar surface area (TPSA) is 109 Å². The molecule has 0 saturated heterocycles. The number of benzene rings is 2. The zero-order chi connectivity index (χ0) is 37.5. The minimum absolute atomic E-state index is 0. The van der Waals surface area contributed by atoms with E-state index < -0.39 is 23.1 Å². The zero-order valence-corrected chi connectivity index (χ0v) is 33.5. The van der Waals surface area contributed by atoms with Crippen LogP contribution in [0.25, 0.3) is 21.1 Å². The second-order valence-electron chi connectivity index (χ2n) is 12.7. The van der Waals surface area contributed by atoms with Crippen molar-refractivity contribution < 1.29 is 46.3 Å². The third-order valence-electron chi connectivity index (χ3n) is 9.05. The van der Waals surface area contributed by atoms with Crippen molar-refractivity contribution in [2.75, 3.05) is 13.2 Å². The third kappa shape index (κ3) is 8.95. The summed E-state index contributed by atoms with van der Waals surface area (Å²) in [6, 6.07) is 30.4. The van der Waals surface area contributed by atoms with Crippen molar-refractivity contribution in [3.05, 3.63) is 141 Å². The average Bonchev–Trinajstić information content (AvgIpc) is 3.93. The van der Waals surface area contributed by atoms with Crippen LogP contribution in [0.5, 0.6) is 0 Å². The van der Waals surface area contributed by atoms with Gasteiger partial charge in [0.1, 0.15) is 11.2 Å². The van der Waals surface area contributed by atoms with E-state index in [9.17, 15) is 19.8 Å². The molecule has 2 aromatic carbocycles. The van der Waals surface area contributed by atoms with Crippen molar-refractivity contribution >= 4 is 34.6 Å². The molecular weight excluding hydrogens is 748 g/mol. The molecule has 0 aliphatic carbocycles. The molecule has 0 aliphatic heterocycles. The van der Waals surface area contributed by atoms with Gasteiger partial charge in [0, 0.05) is 24.6 Å². The molecule has 4 heterocycles. The molecule has 278 valence electrons. The Hall–Kier alpha value is -4.22. The molecule has 0 spiro atoms. The molecule has 0 amide bonds. The molecule has 0 saturated carbocycles. The molecule has 11 heteroatoms. The van der Waals surface area contributed by atoms with Crippen molar-refractivity contribution in [1.82, 2.24) is 9.13 Å². The first-order valence-corrected chi connectivity index (χ1v) is 19.0. The molecule has 6 aromatic rings. The second kappa shape index (κ2) is 18.2. The fourth-order valence-electron chi connectivity index (χ4n) is 6.40. The molecule has 0 bridgehead atoms. The molecule has 4 aromatic heterocycles. The van der Waals surface area contributed by atoms with E-state index in [4.69, 9.17) is 9.47 Å². The van der Waals surface area contributed by atoms with Crippen LogP contribution in [0.2, 0.25) is 0 Å². The Bertz CT molecular complexity index is 1950. The number of aryl methyl sites for hydroxylation is 4. The van der Waals surface area contributed by atoms with Gasteiger partial charge in [-0.2, -0.15) is 0 Å². The maximum absolute atomic E-state index is 12.3. The van der Waals surface area contributed by atoms with E-state index in [0.29, 0.717) is 11.1 Å². The van der Waals surface area contributed by atoms with E-state index in [2.05, 4.69) is 36.7 Å². The number of aromatic nitrogens is 2. The van der Waals surface area contributed by atoms with E-state index >= 15 is 0 Å². The van der Waals surface area contributed by atoms with Crippen LogP contribution < -0.4 is 10.2 Å². The SMILES string of the molecule is CCOC(Cn1c(C)ccc1-c1cc(C)cs1)(C(=O)[O-])c1ccccc1.CCOC(Cn1c(C)ccc1-c1cc(C)cs1)(C(=O)[O-])c1ccccc1.[Fe+2]. The zero-order valence-electron chi connectivity index (χ0n) is 30.7. The first kappa shape index (κ1) is 41.5. The van der Waals surface area contributed by atoms with Crippen molar-refractivity contribution in [1.29, 1.82) is 0 Å². The fourth-order valence-corrected chi connectivity index (χ4v) is 8.26. The van der Waals surface area contributed by atoms with Crippen molar-refractivity contribution in [2.24, 2.45) is 0 Å². The predicted molar refractivity (Wildman–Crippen MR) is 204 cm³/mol. The number of carboxylic acid groups (broad SMARTS) is 2. The van der Waals surface area contributed by atoms with Gasteiger partial charge in [-0.05, 0) is 111 Å². The molecule has 0 aliphatic rings. The Morgan fingerprint density at radius 3 is 1.25 bits per heavy atom. The van der Waals surface area contributed by atoms with E-state index in [1.54, 1.807) is 60.8 Å². The van der Waals surface area contributed by atoms with Crippen LogP contribution >= 0.6 is 22.7 Å². The number of ether oxygens (including phenoxy) is 2. The molecule has 6 rings (SSSR count). The summed E-state index contributed by atoms with van der Waals surface area (Å²) >= 11 is 3.30. The maximum atomic E-state index is 12.3. The van der Waals surface area contributed by atoms with Gasteiger partial charge in [-0.15, -0.1) is 22.7 Å². The monoisotopic (exact) mass is 792 g/mol. The van der Waals surface area contributed by atoms with Crippen LogP contribution in [0.4, 0.5) is 0 Å². The smallest absolute Gasteiger partial charge is 0.547 e. The van der Waals surface area contributed by atoms with Crippen molar-refractivity contribution in [2.45, 2.75) is 65.8 Å². The Balaban J connectivity index is 0.000000232. The van der Waals surface area contributed by atoms with Gasteiger partial charge in [0.05, 0.1) is 46.2 Å². The van der Waals surface area contributed by atoms with E-state index in [1.807, 2.05) is 83.6 Å². The molecule has 8 nitrogen and oxygen atoms in total. The Labute approximate surface area is 330 Å². The number of hydrogen-bond acceptors (Lipinski definition) is 8. The summed E-state index contributed by atoms with van der Waals surface area (Å²) in [5.41, 5.74) is 4.40. The van der Waals surface area contributed by atoms with E-state index in [1.165, 1.54) is 11.1 Å². The van der Waals surface area contributed by atoms with Gasteiger partial charge in [-0.25, -0.2) is 0 Å². The Morgan fingerprint density at radius 2 is 0.962 bits per heavy atom. The van der Waals surface area contributed by atoms with Gasteiger partial charge in [0.2, 0.25) is 0 Å². The molecule has 2 unspecified atom stereocenters. The van der Waals surface area contributed by atoms with E-state index in [-0.39, 0.29) is 43.4 Å². The van der Waals surface area contributed by atoms with Gasteiger partial charge in [0.25, 0.3) is 0 Å². The number of hydrogen-bond donors (Lipinski definition) is 0. The van der Waals surface area contributed by atoms with Gasteiger partial charge in [0.15, 0.2) is 0 Å². The summed E-state index contributed by atoms with van der Waals surface area (Å²) in [5.74, 6) is -2.46. The average molecular weight is 793 g/mol. The Morgan fingerprint density at radius 1 is 0.604 bits per heavy atom. The van der Waals surface area contributed by atoms with Crippen LogP contribution in [0, 0.1) is 27.7 Å². The largest absolute Gasteiger partial charge is 2.00 e. The van der Waals surface area contributed by atoms with Crippen LogP contribution in [-0.2, 0) is 60.4 Å². The van der Waals surface area contributed by atoms with Crippen LogP contribution in [0.1, 0.15) is 47.5 Å². The minimum atomic E-state index is -1.54. The first-order valence-electron chi connectivity index (χ1n) is 17.2. The number of carboxylic acids is 2. The number of aliphatic carboxylic acids is 2. The third-order valence-corrected chi connectivity index (χ3v) is 11.2. The summed E-state index contributed by atoms with van der Waals surface area (Å²) in [7, 11) is 0. The molecule has 0 N–H and O–H groups in total. The normalized spacial score (nSPS) is 13.2. The first-order chi connectivity index (χ1) is 25.0. The summed E-state index contributed by atoms with van der Waals surface area (Å²) in [4.78, 5) is 26.7. The minimum Gasteiger partial charge on any atom is -0.547 e. The van der Waals surface area contributed by atoms with Gasteiger partial charge < -0.3 is 38.4 Å². The van der Waals surface area contributed by atoms with E-state index in [0.717, 1.165) is 32.5 Å². The van der Waals surface area contributed by atoms with Gasteiger partial charge >= 0.3 is 17.1 Å². The summed E-state index contributed by atoms with van der Waals surface area (Å²) < 4.78 is 15.7. The predicted octanol–water partition coefficient (Wildman–Crippen LogP) is 7.03. The Kier molecular flexibility index (Phi) is 14.3. The summed E-state index contributed by atoms with van der Waals surface area (Å²) in [6.45, 7) is 12.5. The molecule has 0 fully saturated rings. The standard InChI is InChI=1S/2C21H23NO3S.Fe/c2*1-4-25-21(20(23)24,17-8-6-5-7-9-17)14-22-16(3)10-11-18(22)19-12-15(2)13-26-19;/h2*5-13H,4,14H2,1-3H3,(H,23,24);/q;;+2/p-2. The molecule has 53 heavy (non-hydrogen) atoms. The van der Waals surface area contributed by atoms with Crippen molar-refractivity contribution in [3.63, 3.8) is 0 Å². The van der Waals surface area contributed by atoms with Crippen LogP contribution in [-0.4, -0.2) is 34.3 Å². The summed E-state index contributed by atoms with van der Waals surface area (Å²) in [5, 5.41) is 28.7. The number of nitrogens with zero attached hydrogens (tertiary/aromatic N) is 2. The van der Waals surface area contributed by atoms with Crippen LogP contribution in [0.3, 0.4) is 0 Å².